The van der Waals surface area contributed by atoms with E-state index < -0.39 is 34.7 Å². The predicted octanol–water partition coefficient (Wildman–Crippen LogP) is 1.30. The van der Waals surface area contributed by atoms with Crippen molar-refractivity contribution in [3.05, 3.63) is 59.2 Å². The molecule has 0 saturated heterocycles. The number of carbonyl (C=O) groups excluding carboxylic acids is 3. The first-order valence-corrected chi connectivity index (χ1v) is 10.7. The number of aromatic nitrogens is 1. The molecular weight excluding hydrogens is 414 g/mol. The summed E-state index contributed by atoms with van der Waals surface area (Å²) in [6, 6.07) is 13.0. The van der Waals surface area contributed by atoms with E-state index in [2.05, 4.69) is 15.6 Å². The molecule has 1 aliphatic heterocycles. The van der Waals surface area contributed by atoms with Gasteiger partial charge in [-0.2, -0.15) is 0 Å². The number of para-hydroxylation sites is 1. The summed E-state index contributed by atoms with van der Waals surface area (Å²) in [6.45, 7) is 0. The maximum atomic E-state index is 12.7. The molecular formula is C20H16ClN3O4S. The Balaban J connectivity index is 1.59. The molecule has 3 N–H and O–H groups in total. The summed E-state index contributed by atoms with van der Waals surface area (Å²) in [4.78, 5) is 40.4. The number of carboxylic acids is 1. The Bertz CT molecular complexity index is 1130. The number of nitrogens with one attached hydrogen (secondary N) is 3. The quantitative estimate of drug-likeness (QED) is 0.542. The number of carbonyl (C=O) groups is 3. The van der Waals surface area contributed by atoms with Gasteiger partial charge in [0.2, 0.25) is 0 Å². The molecule has 9 heteroatoms. The molecule has 3 aromatic rings. The smallest absolute Gasteiger partial charge is 0.268 e. The van der Waals surface area contributed by atoms with Crippen LogP contribution in [0.5, 0.6) is 0 Å². The first kappa shape index (κ1) is 19.4. The van der Waals surface area contributed by atoms with E-state index in [1.807, 2.05) is 0 Å². The average Bonchev–Trinajstić information content (AvgIpc) is 3.05. The van der Waals surface area contributed by atoms with Crippen LogP contribution in [-0.2, 0) is 20.5 Å². The monoisotopic (exact) mass is 429 g/mol. The number of hydrogen-bond donors (Lipinski definition) is 3. The van der Waals surface area contributed by atoms with Crippen molar-refractivity contribution in [2.75, 3.05) is 16.8 Å². The summed E-state index contributed by atoms with van der Waals surface area (Å²) < 4.78 is 0. The normalized spacial score (nSPS) is 18.6. The van der Waals surface area contributed by atoms with Crippen molar-refractivity contribution in [3.63, 3.8) is 0 Å². The zero-order chi connectivity index (χ0) is 20.5. The average molecular weight is 430 g/mol. The van der Waals surface area contributed by atoms with Gasteiger partial charge in [-0.25, -0.2) is 0 Å². The maximum Gasteiger partial charge on any atom is 0.268 e. The summed E-state index contributed by atoms with van der Waals surface area (Å²) in [6.07, 6.45) is 0. The largest absolute Gasteiger partial charge is 0.545 e. The van der Waals surface area contributed by atoms with Gasteiger partial charge < -0.3 is 25.5 Å². The van der Waals surface area contributed by atoms with Gasteiger partial charge in [0.1, 0.15) is 11.4 Å². The number of halogens is 1. The SMILES string of the molecule is O=C([O-])C[S+]1CC(NC(=O)c2cc3cc(Cl)ccc3[nH]2)C(=O)Nc2ccccc21. The van der Waals surface area contributed by atoms with Gasteiger partial charge in [0.25, 0.3) is 11.8 Å². The number of aliphatic carboxylic acids is 1. The predicted molar refractivity (Wildman–Crippen MR) is 110 cm³/mol. The molecule has 1 aliphatic rings. The van der Waals surface area contributed by atoms with Gasteiger partial charge in [-0.15, -0.1) is 0 Å². The molecule has 0 fully saturated rings. The third-order valence-electron chi connectivity index (χ3n) is 4.57. The van der Waals surface area contributed by atoms with Gasteiger partial charge in [0.15, 0.2) is 16.7 Å². The van der Waals surface area contributed by atoms with Crippen LogP contribution in [0.2, 0.25) is 5.02 Å². The fourth-order valence-electron chi connectivity index (χ4n) is 3.26. The molecule has 0 spiro atoms. The van der Waals surface area contributed by atoms with Crippen LogP contribution in [0.25, 0.3) is 10.9 Å². The number of benzene rings is 2. The maximum absolute atomic E-state index is 12.7. The standard InChI is InChI=1S/C20H16ClN3O4S/c21-12-5-6-13-11(7-12)8-15(22-13)19(27)24-16-9-29(10-18(25)26)17-4-2-1-3-14(17)23-20(16)28/h1-8,16H,9-10H2,(H3-,22,23,24,25,26,27,28). The molecule has 29 heavy (non-hydrogen) atoms. The lowest BCUT2D eigenvalue weighted by Gasteiger charge is -2.14. The van der Waals surface area contributed by atoms with Gasteiger partial charge >= 0.3 is 0 Å². The van der Waals surface area contributed by atoms with Crippen LogP contribution < -0.4 is 15.7 Å². The zero-order valence-electron chi connectivity index (χ0n) is 15.0. The van der Waals surface area contributed by atoms with Crippen LogP contribution >= 0.6 is 11.6 Å². The second-order valence-electron chi connectivity index (χ2n) is 6.60. The molecule has 2 amide bonds. The number of fused-ring (bicyclic) bond motifs is 2. The first-order chi connectivity index (χ1) is 13.9. The number of aromatic amines is 1. The molecule has 0 radical (unpaired) electrons. The number of anilines is 1. The second kappa shape index (κ2) is 7.81. The van der Waals surface area contributed by atoms with E-state index in [1.165, 1.54) is 0 Å². The van der Waals surface area contributed by atoms with Crippen molar-refractivity contribution in [1.82, 2.24) is 10.3 Å². The third-order valence-corrected chi connectivity index (χ3v) is 7.10. The van der Waals surface area contributed by atoms with Gasteiger partial charge in [-0.05, 0) is 36.4 Å². The molecule has 0 aliphatic carbocycles. The molecule has 1 aromatic heterocycles. The van der Waals surface area contributed by atoms with Crippen LogP contribution in [-0.4, -0.2) is 40.3 Å². The van der Waals surface area contributed by atoms with Gasteiger partial charge in [0.05, 0.1) is 11.7 Å². The Morgan fingerprint density at radius 3 is 2.79 bits per heavy atom. The fraction of sp³-hybridized carbons (Fsp3) is 0.150. The summed E-state index contributed by atoms with van der Waals surface area (Å²) in [5, 5.41) is 18.1. The highest BCUT2D eigenvalue weighted by molar-refractivity contribution is 7.97. The molecule has 2 aromatic carbocycles. The van der Waals surface area contributed by atoms with E-state index in [1.54, 1.807) is 48.5 Å². The molecule has 0 bridgehead atoms. The van der Waals surface area contributed by atoms with Gasteiger partial charge in [-0.3, -0.25) is 9.59 Å². The molecule has 0 saturated carbocycles. The van der Waals surface area contributed by atoms with Crippen molar-refractivity contribution < 1.29 is 19.5 Å². The lowest BCUT2D eigenvalue weighted by atomic mass is 10.2. The minimum Gasteiger partial charge on any atom is -0.545 e. The fourth-order valence-corrected chi connectivity index (χ4v) is 5.51. The van der Waals surface area contributed by atoms with Crippen LogP contribution in [0.3, 0.4) is 0 Å². The zero-order valence-corrected chi connectivity index (χ0v) is 16.6. The van der Waals surface area contributed by atoms with E-state index in [9.17, 15) is 19.5 Å². The van der Waals surface area contributed by atoms with Crippen molar-refractivity contribution in [3.8, 4) is 0 Å². The number of H-pyrrole nitrogens is 1. The van der Waals surface area contributed by atoms with Gasteiger partial charge in [0, 0.05) is 26.8 Å². The Labute approximate surface area is 173 Å². The van der Waals surface area contributed by atoms with E-state index in [0.717, 1.165) is 15.8 Å². The van der Waals surface area contributed by atoms with E-state index >= 15 is 0 Å². The Morgan fingerprint density at radius 1 is 1.21 bits per heavy atom. The third kappa shape index (κ3) is 4.08. The van der Waals surface area contributed by atoms with E-state index in [0.29, 0.717) is 10.7 Å². The molecule has 7 nitrogen and oxygen atoms in total. The van der Waals surface area contributed by atoms with Crippen molar-refractivity contribution >= 4 is 56.9 Å². The number of rotatable bonds is 4. The van der Waals surface area contributed by atoms with Crippen molar-refractivity contribution in [2.24, 2.45) is 0 Å². The lowest BCUT2D eigenvalue weighted by molar-refractivity contribution is -0.301. The van der Waals surface area contributed by atoms with Crippen LogP contribution in [0.4, 0.5) is 5.69 Å². The Kier molecular flexibility index (Phi) is 5.21. The Hall–Kier alpha value is -2.97. The molecule has 2 heterocycles. The van der Waals surface area contributed by atoms with Gasteiger partial charge in [-0.1, -0.05) is 23.7 Å². The summed E-state index contributed by atoms with van der Waals surface area (Å²) in [5.41, 5.74) is 1.59. The van der Waals surface area contributed by atoms with Crippen molar-refractivity contribution in [2.45, 2.75) is 10.9 Å². The number of carboxylic acid groups (broad SMARTS) is 1. The highest BCUT2D eigenvalue weighted by Crippen LogP contribution is 2.28. The molecule has 4 rings (SSSR count). The van der Waals surface area contributed by atoms with Crippen LogP contribution in [0.1, 0.15) is 10.5 Å². The highest BCUT2D eigenvalue weighted by atomic mass is 35.5. The number of amides is 2. The molecule has 2 atom stereocenters. The second-order valence-corrected chi connectivity index (χ2v) is 9.09. The van der Waals surface area contributed by atoms with Crippen LogP contribution in [0.15, 0.2) is 53.4 Å². The summed E-state index contributed by atoms with van der Waals surface area (Å²) in [7, 11) is -0.796. The molecule has 2 unspecified atom stereocenters. The van der Waals surface area contributed by atoms with E-state index in [4.69, 9.17) is 11.6 Å². The topological polar surface area (TPSA) is 114 Å². The highest BCUT2D eigenvalue weighted by Gasteiger charge is 2.38. The van der Waals surface area contributed by atoms with Crippen LogP contribution in [0, 0.1) is 0 Å². The Morgan fingerprint density at radius 2 is 2.00 bits per heavy atom. The molecule has 148 valence electrons. The van der Waals surface area contributed by atoms with E-state index in [-0.39, 0.29) is 17.2 Å². The minimum atomic E-state index is -1.20. The summed E-state index contributed by atoms with van der Waals surface area (Å²) >= 11 is 5.98. The minimum absolute atomic E-state index is 0.175. The number of hydrogen-bond acceptors (Lipinski definition) is 4. The van der Waals surface area contributed by atoms with Crippen molar-refractivity contribution in [1.29, 1.82) is 0 Å². The first-order valence-electron chi connectivity index (χ1n) is 8.77. The lowest BCUT2D eigenvalue weighted by Crippen LogP contribution is -2.47. The summed E-state index contributed by atoms with van der Waals surface area (Å²) in [5.74, 6) is -2.09.